The third-order valence-electron chi connectivity index (χ3n) is 7.05. The summed E-state index contributed by atoms with van der Waals surface area (Å²) in [6, 6.07) is 17.9. The standard InChI is InChI=1S/C31H30FN5O3/c1-19-14-23(16-36(19)30(38)40-31(2,3)4)37-17-25(27(35-37)21-10-12-22(32)13-11-21)28-24-15-26(20-8-6-5-7-9-20)39-29(24)34-18-33-28/h5-13,15,17-19,23H,14,16H2,1-4H3/t19-,23+/m1/s1. The highest BCUT2D eigenvalue weighted by molar-refractivity contribution is 5.95. The molecular weight excluding hydrogens is 509 g/mol. The highest BCUT2D eigenvalue weighted by Gasteiger charge is 2.37. The average molecular weight is 540 g/mol. The summed E-state index contributed by atoms with van der Waals surface area (Å²) in [5, 5.41) is 5.72. The number of halogens is 1. The molecule has 1 amide bonds. The molecular formula is C31H30FN5O3. The van der Waals surface area contributed by atoms with Crippen molar-refractivity contribution in [2.75, 3.05) is 6.54 Å². The van der Waals surface area contributed by atoms with Gasteiger partial charge in [-0.1, -0.05) is 30.3 Å². The van der Waals surface area contributed by atoms with Crippen LogP contribution in [-0.2, 0) is 4.74 Å². The fourth-order valence-corrected chi connectivity index (χ4v) is 5.16. The summed E-state index contributed by atoms with van der Waals surface area (Å²) in [6.07, 6.45) is 3.81. The van der Waals surface area contributed by atoms with E-state index in [1.807, 2.05) is 75.0 Å². The summed E-state index contributed by atoms with van der Waals surface area (Å²) in [5.41, 5.74) is 3.66. The van der Waals surface area contributed by atoms with Crippen LogP contribution in [0.2, 0.25) is 0 Å². The Hall–Kier alpha value is -4.53. The summed E-state index contributed by atoms with van der Waals surface area (Å²) >= 11 is 0. The van der Waals surface area contributed by atoms with Crippen molar-refractivity contribution in [3.63, 3.8) is 0 Å². The molecule has 0 radical (unpaired) electrons. The predicted octanol–water partition coefficient (Wildman–Crippen LogP) is 7.13. The monoisotopic (exact) mass is 539 g/mol. The maximum atomic E-state index is 13.8. The first-order chi connectivity index (χ1) is 19.2. The lowest BCUT2D eigenvalue weighted by Crippen LogP contribution is -2.38. The molecule has 1 aliphatic heterocycles. The van der Waals surface area contributed by atoms with Crippen molar-refractivity contribution < 1.29 is 18.3 Å². The number of furan rings is 1. The van der Waals surface area contributed by atoms with Gasteiger partial charge in [0.05, 0.1) is 17.1 Å². The molecule has 1 fully saturated rings. The highest BCUT2D eigenvalue weighted by Crippen LogP contribution is 2.38. The van der Waals surface area contributed by atoms with E-state index in [1.54, 1.807) is 17.0 Å². The van der Waals surface area contributed by atoms with Gasteiger partial charge in [0, 0.05) is 35.5 Å². The molecule has 0 saturated carbocycles. The molecule has 2 aromatic carbocycles. The molecule has 4 heterocycles. The maximum absolute atomic E-state index is 13.8. The number of aromatic nitrogens is 4. The van der Waals surface area contributed by atoms with Crippen LogP contribution in [0.15, 0.2) is 77.6 Å². The molecule has 5 aromatic rings. The van der Waals surface area contributed by atoms with Crippen LogP contribution in [0.3, 0.4) is 0 Å². The second-order valence-electron chi connectivity index (χ2n) is 11.2. The van der Waals surface area contributed by atoms with Crippen LogP contribution >= 0.6 is 0 Å². The number of fused-ring (bicyclic) bond motifs is 1. The molecule has 40 heavy (non-hydrogen) atoms. The Bertz CT molecular complexity index is 1670. The second kappa shape index (κ2) is 9.89. The molecule has 0 spiro atoms. The topological polar surface area (TPSA) is 86.3 Å². The minimum absolute atomic E-state index is 0.0187. The zero-order chi connectivity index (χ0) is 28.0. The summed E-state index contributed by atoms with van der Waals surface area (Å²) in [7, 11) is 0. The van der Waals surface area contributed by atoms with Gasteiger partial charge in [0.15, 0.2) is 0 Å². The van der Waals surface area contributed by atoms with Crippen LogP contribution in [0, 0.1) is 5.82 Å². The lowest BCUT2D eigenvalue weighted by molar-refractivity contribution is 0.0234. The molecule has 1 aliphatic rings. The smallest absolute Gasteiger partial charge is 0.410 e. The lowest BCUT2D eigenvalue weighted by Gasteiger charge is -2.26. The van der Waals surface area contributed by atoms with Crippen molar-refractivity contribution >= 4 is 17.2 Å². The number of likely N-dealkylation sites (tertiary alicyclic amines) is 1. The average Bonchev–Trinajstić information content (AvgIpc) is 3.65. The third-order valence-corrected chi connectivity index (χ3v) is 7.05. The molecule has 2 atom stereocenters. The fraction of sp³-hybridized carbons (Fsp3) is 0.290. The number of hydrogen-bond donors (Lipinski definition) is 0. The molecule has 1 saturated heterocycles. The van der Waals surface area contributed by atoms with Crippen molar-refractivity contribution in [2.45, 2.75) is 51.8 Å². The SMILES string of the molecule is C[C@@H]1C[C@H](n2cc(-c3ncnc4oc(-c5ccccc5)cc34)c(-c3ccc(F)cc3)n2)CN1C(=O)OC(C)(C)C. The minimum Gasteiger partial charge on any atom is -0.444 e. The van der Waals surface area contributed by atoms with Gasteiger partial charge in [0.2, 0.25) is 5.71 Å². The minimum atomic E-state index is -0.578. The van der Waals surface area contributed by atoms with Gasteiger partial charge in [0.1, 0.15) is 29.2 Å². The van der Waals surface area contributed by atoms with Crippen LogP contribution in [0.25, 0.3) is 44.9 Å². The number of carbonyl (C=O) groups is 1. The molecule has 204 valence electrons. The number of ether oxygens (including phenoxy) is 1. The molecule has 3 aromatic heterocycles. The molecule has 8 nitrogen and oxygen atoms in total. The first-order valence-electron chi connectivity index (χ1n) is 13.3. The van der Waals surface area contributed by atoms with Crippen molar-refractivity contribution in [3.05, 3.63) is 79.0 Å². The highest BCUT2D eigenvalue weighted by atomic mass is 19.1. The van der Waals surface area contributed by atoms with E-state index in [9.17, 15) is 9.18 Å². The van der Waals surface area contributed by atoms with E-state index in [0.29, 0.717) is 35.8 Å². The van der Waals surface area contributed by atoms with Gasteiger partial charge < -0.3 is 14.1 Å². The lowest BCUT2D eigenvalue weighted by atomic mass is 10.0. The predicted molar refractivity (Wildman–Crippen MR) is 150 cm³/mol. The van der Waals surface area contributed by atoms with Crippen molar-refractivity contribution in [2.24, 2.45) is 0 Å². The summed E-state index contributed by atoms with van der Waals surface area (Å²) < 4.78 is 27.4. The van der Waals surface area contributed by atoms with E-state index in [-0.39, 0.29) is 24.0 Å². The maximum Gasteiger partial charge on any atom is 0.410 e. The van der Waals surface area contributed by atoms with Crippen molar-refractivity contribution in [3.8, 4) is 33.8 Å². The van der Waals surface area contributed by atoms with Crippen LogP contribution < -0.4 is 0 Å². The first-order valence-corrected chi connectivity index (χ1v) is 13.3. The largest absolute Gasteiger partial charge is 0.444 e. The van der Waals surface area contributed by atoms with Crippen LogP contribution in [0.4, 0.5) is 9.18 Å². The van der Waals surface area contributed by atoms with E-state index >= 15 is 0 Å². The van der Waals surface area contributed by atoms with Crippen molar-refractivity contribution in [1.29, 1.82) is 0 Å². The first kappa shape index (κ1) is 25.7. The molecule has 0 unspecified atom stereocenters. The number of nitrogens with zero attached hydrogens (tertiary/aromatic N) is 5. The number of amides is 1. The number of benzene rings is 2. The van der Waals surface area contributed by atoms with Crippen LogP contribution in [-0.4, -0.2) is 48.9 Å². The van der Waals surface area contributed by atoms with E-state index < -0.39 is 5.60 Å². The van der Waals surface area contributed by atoms with Gasteiger partial charge in [0.25, 0.3) is 0 Å². The van der Waals surface area contributed by atoms with E-state index in [4.69, 9.17) is 14.3 Å². The van der Waals surface area contributed by atoms with Crippen molar-refractivity contribution in [1.82, 2.24) is 24.6 Å². The molecule has 0 bridgehead atoms. The quantitative estimate of drug-likeness (QED) is 0.241. The second-order valence-corrected chi connectivity index (χ2v) is 11.2. The number of hydrogen-bond acceptors (Lipinski definition) is 6. The Morgan fingerprint density at radius 1 is 1.02 bits per heavy atom. The Kier molecular flexibility index (Phi) is 6.37. The Labute approximate surface area is 231 Å². The van der Waals surface area contributed by atoms with Gasteiger partial charge in [-0.05, 0) is 64.4 Å². The van der Waals surface area contributed by atoms with Gasteiger partial charge in [-0.2, -0.15) is 5.10 Å². The van der Waals surface area contributed by atoms with Gasteiger partial charge in [-0.3, -0.25) is 4.68 Å². The molecule has 9 heteroatoms. The zero-order valence-electron chi connectivity index (χ0n) is 22.8. The summed E-state index contributed by atoms with van der Waals surface area (Å²) in [5.74, 6) is 0.361. The third kappa shape index (κ3) is 4.95. The fourth-order valence-electron chi connectivity index (χ4n) is 5.16. The number of rotatable bonds is 4. The Morgan fingerprint density at radius 2 is 1.77 bits per heavy atom. The van der Waals surface area contributed by atoms with Gasteiger partial charge >= 0.3 is 6.09 Å². The summed E-state index contributed by atoms with van der Waals surface area (Å²) in [6.45, 7) is 8.06. The van der Waals surface area contributed by atoms with E-state index in [0.717, 1.165) is 22.1 Å². The normalized spacial score (nSPS) is 17.5. The Morgan fingerprint density at radius 3 is 2.50 bits per heavy atom. The van der Waals surface area contributed by atoms with Gasteiger partial charge in [-0.25, -0.2) is 19.2 Å². The zero-order valence-corrected chi connectivity index (χ0v) is 22.8. The van der Waals surface area contributed by atoms with Crippen LogP contribution in [0.1, 0.15) is 40.2 Å². The van der Waals surface area contributed by atoms with Gasteiger partial charge in [-0.15, -0.1) is 0 Å². The Balaban J connectivity index is 1.43. The molecule has 6 rings (SSSR count). The molecule has 0 N–H and O–H groups in total. The van der Waals surface area contributed by atoms with Crippen LogP contribution in [0.5, 0.6) is 0 Å². The molecule has 0 aliphatic carbocycles. The number of carbonyl (C=O) groups excluding carboxylic acids is 1. The van der Waals surface area contributed by atoms with E-state index in [1.165, 1.54) is 18.5 Å². The van der Waals surface area contributed by atoms with E-state index in [2.05, 4.69) is 9.97 Å². The summed E-state index contributed by atoms with van der Waals surface area (Å²) in [4.78, 5) is 23.6.